The monoisotopic (exact) mass is 302 g/mol. The number of rotatable bonds is 12. The molecule has 2 unspecified atom stereocenters. The average molecular weight is 303 g/mol. The summed E-state index contributed by atoms with van der Waals surface area (Å²) in [6.07, 6.45) is 15.6. The minimum Gasteiger partial charge on any atom is -0.369 e. The largest absolute Gasteiger partial charge is 0.369 e. The highest BCUT2D eigenvalue weighted by molar-refractivity contribution is 5.24. The van der Waals surface area contributed by atoms with Gasteiger partial charge in [-0.3, -0.25) is 0 Å². The summed E-state index contributed by atoms with van der Waals surface area (Å²) >= 11 is 0. The molecule has 1 aliphatic rings. The second-order valence-electron chi connectivity index (χ2n) is 6.89. The SMILES string of the molecule is CCCCCCCCCc1ccc(CC2OC2CCC)cc1. The molecule has 0 N–H and O–H groups in total. The Kier molecular flexibility index (Phi) is 8.01. The third-order valence-electron chi connectivity index (χ3n) is 4.79. The first-order valence-corrected chi connectivity index (χ1v) is 9.56. The third kappa shape index (κ3) is 6.52. The van der Waals surface area contributed by atoms with Crippen molar-refractivity contribution < 1.29 is 4.74 Å². The molecule has 0 saturated carbocycles. The van der Waals surface area contributed by atoms with E-state index in [0.29, 0.717) is 12.2 Å². The van der Waals surface area contributed by atoms with Crippen LogP contribution in [-0.4, -0.2) is 12.2 Å². The summed E-state index contributed by atoms with van der Waals surface area (Å²) in [4.78, 5) is 0. The predicted octanol–water partition coefficient (Wildman–Crippen LogP) is 6.09. The molecule has 1 heteroatoms. The Hall–Kier alpha value is -0.820. The van der Waals surface area contributed by atoms with Crippen LogP contribution in [0.15, 0.2) is 24.3 Å². The zero-order valence-corrected chi connectivity index (χ0v) is 14.7. The molecule has 0 radical (unpaired) electrons. The van der Waals surface area contributed by atoms with E-state index in [1.165, 1.54) is 75.3 Å². The number of epoxide rings is 1. The molecule has 1 fully saturated rings. The summed E-state index contributed by atoms with van der Waals surface area (Å²) in [7, 11) is 0. The van der Waals surface area contributed by atoms with Crippen molar-refractivity contribution in [2.75, 3.05) is 0 Å². The topological polar surface area (TPSA) is 12.5 Å². The molecule has 0 aliphatic carbocycles. The molecule has 22 heavy (non-hydrogen) atoms. The summed E-state index contributed by atoms with van der Waals surface area (Å²) in [5, 5.41) is 0. The number of benzene rings is 1. The first-order valence-electron chi connectivity index (χ1n) is 9.56. The van der Waals surface area contributed by atoms with Gasteiger partial charge in [0, 0.05) is 6.42 Å². The lowest BCUT2D eigenvalue weighted by Gasteiger charge is -2.04. The van der Waals surface area contributed by atoms with Crippen LogP contribution in [0.5, 0.6) is 0 Å². The van der Waals surface area contributed by atoms with E-state index in [4.69, 9.17) is 4.74 Å². The molecule has 1 saturated heterocycles. The maximum absolute atomic E-state index is 5.71. The number of ether oxygens (including phenoxy) is 1. The Morgan fingerprint density at radius 3 is 2.05 bits per heavy atom. The van der Waals surface area contributed by atoms with Gasteiger partial charge in [-0.1, -0.05) is 83.1 Å². The molecule has 1 nitrogen and oxygen atoms in total. The standard InChI is InChI=1S/C21H34O/c1-3-5-6-7-8-9-10-12-18-13-15-19(16-14-18)17-21-20(22-21)11-4-2/h13-16,20-21H,3-12,17H2,1-2H3. The van der Waals surface area contributed by atoms with Gasteiger partial charge in [0.05, 0.1) is 12.2 Å². The highest BCUT2D eigenvalue weighted by Crippen LogP contribution is 2.29. The van der Waals surface area contributed by atoms with Crippen molar-refractivity contribution in [1.82, 2.24) is 0 Å². The van der Waals surface area contributed by atoms with Gasteiger partial charge in [-0.2, -0.15) is 0 Å². The number of unbranched alkanes of at least 4 members (excludes halogenated alkanes) is 6. The Bertz CT molecular complexity index is 395. The fourth-order valence-corrected chi connectivity index (χ4v) is 3.26. The molecule has 0 amide bonds. The number of hydrogen-bond acceptors (Lipinski definition) is 1. The highest BCUT2D eigenvalue weighted by Gasteiger charge is 2.37. The maximum Gasteiger partial charge on any atom is 0.0882 e. The van der Waals surface area contributed by atoms with E-state index in [1.54, 1.807) is 0 Å². The zero-order valence-electron chi connectivity index (χ0n) is 14.7. The lowest BCUT2D eigenvalue weighted by molar-refractivity contribution is 0.361. The van der Waals surface area contributed by atoms with Gasteiger partial charge < -0.3 is 4.74 Å². The fourth-order valence-electron chi connectivity index (χ4n) is 3.26. The molecule has 2 rings (SSSR count). The van der Waals surface area contributed by atoms with Crippen LogP contribution in [0.3, 0.4) is 0 Å². The molecule has 1 aromatic rings. The van der Waals surface area contributed by atoms with E-state index in [0.717, 1.165) is 6.42 Å². The van der Waals surface area contributed by atoms with E-state index in [2.05, 4.69) is 38.1 Å². The van der Waals surface area contributed by atoms with Gasteiger partial charge in [0.15, 0.2) is 0 Å². The van der Waals surface area contributed by atoms with E-state index in [-0.39, 0.29) is 0 Å². The zero-order chi connectivity index (χ0) is 15.6. The summed E-state index contributed by atoms with van der Waals surface area (Å²) in [6.45, 7) is 4.51. The van der Waals surface area contributed by atoms with Crippen LogP contribution in [-0.2, 0) is 17.6 Å². The van der Waals surface area contributed by atoms with Crippen LogP contribution in [0.2, 0.25) is 0 Å². The molecule has 1 heterocycles. The van der Waals surface area contributed by atoms with Crippen LogP contribution < -0.4 is 0 Å². The van der Waals surface area contributed by atoms with Gasteiger partial charge in [0.25, 0.3) is 0 Å². The summed E-state index contributed by atoms with van der Waals surface area (Å²) in [5.41, 5.74) is 2.94. The quantitative estimate of drug-likeness (QED) is 0.336. The Labute approximate surface area is 137 Å². The van der Waals surface area contributed by atoms with Crippen molar-refractivity contribution in [2.45, 2.75) is 96.7 Å². The predicted molar refractivity (Wildman–Crippen MR) is 95.4 cm³/mol. The van der Waals surface area contributed by atoms with Crippen molar-refractivity contribution in [3.05, 3.63) is 35.4 Å². The number of hydrogen-bond donors (Lipinski definition) is 0. The first-order chi connectivity index (χ1) is 10.8. The molecule has 124 valence electrons. The van der Waals surface area contributed by atoms with E-state index in [1.807, 2.05) is 0 Å². The normalized spacial score (nSPS) is 20.3. The van der Waals surface area contributed by atoms with E-state index < -0.39 is 0 Å². The van der Waals surface area contributed by atoms with Gasteiger partial charge in [-0.15, -0.1) is 0 Å². The Morgan fingerprint density at radius 2 is 1.36 bits per heavy atom. The van der Waals surface area contributed by atoms with Gasteiger partial charge in [0.1, 0.15) is 0 Å². The minimum atomic E-state index is 0.494. The van der Waals surface area contributed by atoms with E-state index >= 15 is 0 Å². The second kappa shape index (κ2) is 10.0. The lowest BCUT2D eigenvalue weighted by Crippen LogP contribution is -1.98. The van der Waals surface area contributed by atoms with Crippen LogP contribution >= 0.6 is 0 Å². The Balaban J connectivity index is 1.57. The van der Waals surface area contributed by atoms with Crippen molar-refractivity contribution in [3.8, 4) is 0 Å². The summed E-state index contributed by atoms with van der Waals surface area (Å²) in [5.74, 6) is 0. The maximum atomic E-state index is 5.71. The number of aryl methyl sites for hydroxylation is 1. The highest BCUT2D eigenvalue weighted by atomic mass is 16.6. The van der Waals surface area contributed by atoms with Crippen molar-refractivity contribution in [3.63, 3.8) is 0 Å². The van der Waals surface area contributed by atoms with Gasteiger partial charge in [-0.05, 0) is 30.4 Å². The fraction of sp³-hybridized carbons (Fsp3) is 0.714. The van der Waals surface area contributed by atoms with Crippen LogP contribution in [0, 0.1) is 0 Å². The smallest absolute Gasteiger partial charge is 0.0882 e. The molecule has 1 aliphatic heterocycles. The first kappa shape index (κ1) is 17.5. The summed E-state index contributed by atoms with van der Waals surface area (Å²) in [6, 6.07) is 9.26. The van der Waals surface area contributed by atoms with Crippen molar-refractivity contribution >= 4 is 0 Å². The van der Waals surface area contributed by atoms with Crippen LogP contribution in [0.25, 0.3) is 0 Å². The molecule has 0 bridgehead atoms. The molecule has 1 aromatic carbocycles. The molecule has 0 aromatic heterocycles. The van der Waals surface area contributed by atoms with Crippen molar-refractivity contribution in [2.24, 2.45) is 0 Å². The van der Waals surface area contributed by atoms with Gasteiger partial charge >= 0.3 is 0 Å². The average Bonchev–Trinajstić information content (AvgIpc) is 3.26. The van der Waals surface area contributed by atoms with E-state index in [9.17, 15) is 0 Å². The molecular formula is C21H34O. The molecular weight excluding hydrogens is 268 g/mol. The van der Waals surface area contributed by atoms with Gasteiger partial charge in [-0.25, -0.2) is 0 Å². The lowest BCUT2D eigenvalue weighted by atomic mass is 10.0. The van der Waals surface area contributed by atoms with Crippen LogP contribution in [0.1, 0.15) is 82.8 Å². The van der Waals surface area contributed by atoms with Crippen LogP contribution in [0.4, 0.5) is 0 Å². The third-order valence-corrected chi connectivity index (χ3v) is 4.79. The van der Waals surface area contributed by atoms with Gasteiger partial charge in [0.2, 0.25) is 0 Å². The molecule has 2 atom stereocenters. The van der Waals surface area contributed by atoms with Crippen molar-refractivity contribution in [1.29, 1.82) is 0 Å². The Morgan fingerprint density at radius 1 is 0.727 bits per heavy atom. The minimum absolute atomic E-state index is 0.494. The summed E-state index contributed by atoms with van der Waals surface area (Å²) < 4.78 is 5.71. The second-order valence-corrected chi connectivity index (χ2v) is 6.89. The molecule has 0 spiro atoms.